The standard InChI is InChI=1S/C24H32N2O5/c1-6-11-19(16-25(14-7-2)22(28)31-24(3,4)5)21(27)26-20(17-30-23(26)29)15-18-12-9-8-10-13-18/h6-10,12-13,19-20H,1-2,11,14-17H2,3-5H3/t19-,20-/m1/s1. The van der Waals surface area contributed by atoms with Gasteiger partial charge >= 0.3 is 12.2 Å². The number of hydrogen-bond acceptors (Lipinski definition) is 5. The number of benzene rings is 1. The Morgan fingerprint density at radius 1 is 1.26 bits per heavy atom. The van der Waals surface area contributed by atoms with Gasteiger partial charge in [0, 0.05) is 13.1 Å². The highest BCUT2D eigenvalue weighted by Crippen LogP contribution is 2.23. The number of cyclic esters (lactones) is 1. The Morgan fingerprint density at radius 2 is 1.94 bits per heavy atom. The zero-order valence-electron chi connectivity index (χ0n) is 18.6. The quantitative estimate of drug-likeness (QED) is 0.551. The van der Waals surface area contributed by atoms with Crippen molar-refractivity contribution < 1.29 is 23.9 Å². The van der Waals surface area contributed by atoms with Gasteiger partial charge in [-0.05, 0) is 39.2 Å². The van der Waals surface area contributed by atoms with Gasteiger partial charge in [0.05, 0.1) is 12.0 Å². The van der Waals surface area contributed by atoms with Gasteiger partial charge in [0.2, 0.25) is 5.91 Å². The normalized spacial score (nSPS) is 16.9. The molecule has 3 amide bonds. The van der Waals surface area contributed by atoms with E-state index in [9.17, 15) is 14.4 Å². The van der Waals surface area contributed by atoms with E-state index in [0.29, 0.717) is 12.8 Å². The van der Waals surface area contributed by atoms with E-state index in [-0.39, 0.29) is 25.6 Å². The zero-order chi connectivity index (χ0) is 23.0. The molecule has 31 heavy (non-hydrogen) atoms. The highest BCUT2D eigenvalue weighted by atomic mass is 16.6. The van der Waals surface area contributed by atoms with Crippen LogP contribution in [0.5, 0.6) is 0 Å². The Kier molecular flexibility index (Phi) is 8.42. The smallest absolute Gasteiger partial charge is 0.416 e. The maximum Gasteiger partial charge on any atom is 0.416 e. The second kappa shape index (κ2) is 10.8. The largest absolute Gasteiger partial charge is 0.447 e. The second-order valence-electron chi connectivity index (χ2n) is 8.52. The van der Waals surface area contributed by atoms with Crippen LogP contribution in [0, 0.1) is 5.92 Å². The van der Waals surface area contributed by atoms with Crippen molar-refractivity contribution in [1.29, 1.82) is 0 Å². The van der Waals surface area contributed by atoms with Crippen molar-refractivity contribution in [3.8, 4) is 0 Å². The molecule has 0 aromatic heterocycles. The van der Waals surface area contributed by atoms with Crippen LogP contribution in [-0.2, 0) is 20.7 Å². The molecule has 0 aliphatic carbocycles. The molecule has 1 aliphatic rings. The van der Waals surface area contributed by atoms with Crippen LogP contribution in [0.4, 0.5) is 9.59 Å². The van der Waals surface area contributed by atoms with Crippen molar-refractivity contribution >= 4 is 18.1 Å². The van der Waals surface area contributed by atoms with Gasteiger partial charge in [-0.3, -0.25) is 4.79 Å². The molecule has 0 radical (unpaired) electrons. The van der Waals surface area contributed by atoms with E-state index < -0.39 is 29.7 Å². The molecule has 0 unspecified atom stereocenters. The van der Waals surface area contributed by atoms with Crippen LogP contribution >= 0.6 is 0 Å². The predicted molar refractivity (Wildman–Crippen MR) is 118 cm³/mol. The van der Waals surface area contributed by atoms with Crippen LogP contribution in [0.2, 0.25) is 0 Å². The van der Waals surface area contributed by atoms with E-state index in [2.05, 4.69) is 13.2 Å². The molecule has 0 spiro atoms. The number of carbonyl (C=O) groups excluding carboxylic acids is 3. The molecule has 1 aromatic rings. The molecule has 1 aromatic carbocycles. The Hall–Kier alpha value is -3.09. The Balaban J connectivity index is 2.19. The molecule has 0 saturated carbocycles. The number of imide groups is 1. The number of carbonyl (C=O) groups is 3. The first-order chi connectivity index (χ1) is 14.7. The van der Waals surface area contributed by atoms with Crippen molar-refractivity contribution in [2.24, 2.45) is 5.92 Å². The highest BCUT2D eigenvalue weighted by Gasteiger charge is 2.41. The van der Waals surface area contributed by atoms with E-state index in [0.717, 1.165) is 5.56 Å². The van der Waals surface area contributed by atoms with E-state index in [1.165, 1.54) is 9.80 Å². The number of nitrogens with zero attached hydrogens (tertiary/aromatic N) is 2. The maximum atomic E-state index is 13.4. The van der Waals surface area contributed by atoms with E-state index in [4.69, 9.17) is 9.47 Å². The minimum Gasteiger partial charge on any atom is -0.447 e. The van der Waals surface area contributed by atoms with Crippen LogP contribution in [0.1, 0.15) is 32.8 Å². The Bertz CT molecular complexity index is 800. The van der Waals surface area contributed by atoms with Gasteiger partial charge in [-0.1, -0.05) is 42.5 Å². The minimum atomic E-state index is -0.673. The fourth-order valence-corrected chi connectivity index (χ4v) is 3.39. The molecular weight excluding hydrogens is 396 g/mol. The monoisotopic (exact) mass is 428 g/mol. The average Bonchev–Trinajstić information content (AvgIpc) is 3.06. The molecule has 2 atom stereocenters. The van der Waals surface area contributed by atoms with Crippen molar-refractivity contribution in [2.75, 3.05) is 19.7 Å². The number of hydrogen-bond donors (Lipinski definition) is 0. The topological polar surface area (TPSA) is 76.2 Å². The first-order valence-corrected chi connectivity index (χ1v) is 10.4. The molecule has 7 nitrogen and oxygen atoms in total. The first kappa shape index (κ1) is 24.2. The summed E-state index contributed by atoms with van der Waals surface area (Å²) in [5.74, 6) is -1.05. The van der Waals surface area contributed by atoms with E-state index >= 15 is 0 Å². The molecule has 1 saturated heterocycles. The molecule has 1 fully saturated rings. The summed E-state index contributed by atoms with van der Waals surface area (Å²) in [6.07, 6.45) is 2.78. The highest BCUT2D eigenvalue weighted by molar-refractivity contribution is 5.95. The lowest BCUT2D eigenvalue weighted by Crippen LogP contribution is -2.48. The molecular formula is C24H32N2O5. The number of ether oxygens (including phenoxy) is 2. The van der Waals surface area contributed by atoms with Gasteiger partial charge in [-0.2, -0.15) is 0 Å². The lowest BCUT2D eigenvalue weighted by atomic mass is 10.00. The van der Waals surface area contributed by atoms with Crippen molar-refractivity contribution in [2.45, 2.75) is 45.3 Å². The number of rotatable bonds is 9. The van der Waals surface area contributed by atoms with Crippen molar-refractivity contribution in [3.05, 3.63) is 61.2 Å². The summed E-state index contributed by atoms with van der Waals surface area (Å²) in [6, 6.07) is 9.22. The second-order valence-corrected chi connectivity index (χ2v) is 8.52. The molecule has 168 valence electrons. The summed E-state index contributed by atoms with van der Waals surface area (Å²) in [4.78, 5) is 41.0. The number of amides is 3. The van der Waals surface area contributed by atoms with Crippen LogP contribution in [-0.4, -0.2) is 59.2 Å². The van der Waals surface area contributed by atoms with Crippen LogP contribution < -0.4 is 0 Å². The summed E-state index contributed by atoms with van der Waals surface area (Å²) in [7, 11) is 0. The third kappa shape index (κ3) is 6.98. The fraction of sp³-hybridized carbons (Fsp3) is 0.458. The summed E-state index contributed by atoms with van der Waals surface area (Å²) in [5, 5.41) is 0. The minimum absolute atomic E-state index is 0.0770. The van der Waals surface area contributed by atoms with E-state index in [1.807, 2.05) is 30.3 Å². The molecule has 2 rings (SSSR count). The summed E-state index contributed by atoms with van der Waals surface area (Å²) >= 11 is 0. The summed E-state index contributed by atoms with van der Waals surface area (Å²) in [6.45, 7) is 13.2. The predicted octanol–water partition coefficient (Wildman–Crippen LogP) is 4.19. The van der Waals surface area contributed by atoms with Crippen molar-refractivity contribution in [3.63, 3.8) is 0 Å². The Labute approximate surface area is 184 Å². The third-order valence-corrected chi connectivity index (χ3v) is 4.76. The fourth-order valence-electron chi connectivity index (χ4n) is 3.39. The molecule has 1 heterocycles. The first-order valence-electron chi connectivity index (χ1n) is 10.4. The zero-order valence-corrected chi connectivity index (χ0v) is 18.6. The van der Waals surface area contributed by atoms with Crippen LogP contribution in [0.25, 0.3) is 0 Å². The SMILES string of the molecule is C=CC[C@H](CN(CC=C)C(=O)OC(C)(C)C)C(=O)N1C(=O)OC[C@H]1Cc1ccccc1. The summed E-state index contributed by atoms with van der Waals surface area (Å²) in [5.41, 5.74) is 0.333. The third-order valence-electron chi connectivity index (χ3n) is 4.76. The van der Waals surface area contributed by atoms with Gasteiger partial charge in [-0.25, -0.2) is 14.5 Å². The van der Waals surface area contributed by atoms with Gasteiger partial charge in [0.15, 0.2) is 0 Å². The van der Waals surface area contributed by atoms with Crippen LogP contribution in [0.15, 0.2) is 55.6 Å². The average molecular weight is 429 g/mol. The molecule has 0 bridgehead atoms. The maximum absolute atomic E-state index is 13.4. The number of allylic oxidation sites excluding steroid dienone is 1. The van der Waals surface area contributed by atoms with Gasteiger partial charge < -0.3 is 14.4 Å². The van der Waals surface area contributed by atoms with Crippen molar-refractivity contribution in [1.82, 2.24) is 9.80 Å². The molecule has 0 N–H and O–H groups in total. The molecule has 1 aliphatic heterocycles. The molecule has 7 heteroatoms. The lowest BCUT2D eigenvalue weighted by molar-refractivity contribution is -0.133. The summed E-state index contributed by atoms with van der Waals surface area (Å²) < 4.78 is 10.6. The van der Waals surface area contributed by atoms with E-state index in [1.54, 1.807) is 32.9 Å². The van der Waals surface area contributed by atoms with Gasteiger partial charge in [0.25, 0.3) is 0 Å². The van der Waals surface area contributed by atoms with Crippen LogP contribution in [0.3, 0.4) is 0 Å². The van der Waals surface area contributed by atoms with Gasteiger partial charge in [0.1, 0.15) is 12.2 Å². The lowest BCUT2D eigenvalue weighted by Gasteiger charge is -2.30. The van der Waals surface area contributed by atoms with Gasteiger partial charge in [-0.15, -0.1) is 13.2 Å². The Morgan fingerprint density at radius 3 is 2.52 bits per heavy atom.